The van der Waals surface area contributed by atoms with Crippen LogP contribution in [0.15, 0.2) is 48.7 Å². The van der Waals surface area contributed by atoms with Gasteiger partial charge in [-0.2, -0.15) is 5.26 Å². The van der Waals surface area contributed by atoms with Crippen LogP contribution in [0.4, 0.5) is 17.2 Å². The van der Waals surface area contributed by atoms with E-state index < -0.39 is 5.92 Å². The summed E-state index contributed by atoms with van der Waals surface area (Å²) in [6.45, 7) is 5.45. The van der Waals surface area contributed by atoms with Crippen molar-refractivity contribution in [1.82, 2.24) is 15.2 Å². The maximum Gasteiger partial charge on any atom is 0.243 e. The number of hydrogen-bond acceptors (Lipinski definition) is 8. The highest BCUT2D eigenvalue weighted by atomic mass is 32.2. The molecule has 0 bridgehead atoms. The van der Waals surface area contributed by atoms with Crippen molar-refractivity contribution >= 4 is 46.7 Å². The number of amides is 3. The molecule has 202 valence electrons. The molecule has 3 atom stereocenters. The van der Waals surface area contributed by atoms with Crippen molar-refractivity contribution < 1.29 is 14.4 Å². The summed E-state index contributed by atoms with van der Waals surface area (Å²) in [5.41, 5.74) is 1.51. The molecule has 3 rings (SSSR count). The Kier molecular flexibility index (Phi) is 10.8. The van der Waals surface area contributed by atoms with Crippen LogP contribution in [-0.2, 0) is 14.4 Å². The van der Waals surface area contributed by atoms with E-state index in [0.717, 1.165) is 5.69 Å². The number of carbonyl (C=O) groups is 3. The first kappa shape index (κ1) is 28.8. The fraction of sp³-hybridized carbons (Fsp3) is 0.444. The Hall–Kier alpha value is -3.78. The van der Waals surface area contributed by atoms with Gasteiger partial charge in [-0.3, -0.25) is 14.4 Å². The predicted molar refractivity (Wildman–Crippen MR) is 151 cm³/mol. The van der Waals surface area contributed by atoms with Gasteiger partial charge < -0.3 is 25.8 Å². The van der Waals surface area contributed by atoms with Crippen molar-refractivity contribution in [3.63, 3.8) is 0 Å². The topological polar surface area (TPSA) is 130 Å². The van der Waals surface area contributed by atoms with Crippen LogP contribution in [0, 0.1) is 17.2 Å². The van der Waals surface area contributed by atoms with Crippen LogP contribution in [0.25, 0.3) is 0 Å². The van der Waals surface area contributed by atoms with E-state index in [1.807, 2.05) is 63.4 Å². The molecule has 1 aliphatic heterocycles. The summed E-state index contributed by atoms with van der Waals surface area (Å²) in [5, 5.41) is 17.9. The highest BCUT2D eigenvalue weighted by molar-refractivity contribution is 8.01. The lowest BCUT2D eigenvalue weighted by atomic mass is 10.1. The third-order valence-electron chi connectivity index (χ3n) is 6.13. The summed E-state index contributed by atoms with van der Waals surface area (Å²) in [6, 6.07) is 15.1. The first-order valence-electron chi connectivity index (χ1n) is 12.7. The fourth-order valence-electron chi connectivity index (χ4n) is 4.23. The molecular weight excluding hydrogens is 502 g/mol. The highest BCUT2D eigenvalue weighted by Crippen LogP contribution is 2.37. The van der Waals surface area contributed by atoms with Gasteiger partial charge in [-0.05, 0) is 50.6 Å². The largest absolute Gasteiger partial charge is 0.385 e. The number of anilines is 3. The Labute approximate surface area is 228 Å². The van der Waals surface area contributed by atoms with Crippen LogP contribution in [0.2, 0.25) is 0 Å². The van der Waals surface area contributed by atoms with E-state index in [2.05, 4.69) is 27.0 Å². The number of nitriles is 1. The quantitative estimate of drug-likeness (QED) is 0.356. The molecule has 1 fully saturated rings. The lowest BCUT2D eigenvalue weighted by Gasteiger charge is -2.23. The van der Waals surface area contributed by atoms with Crippen LogP contribution in [0.5, 0.6) is 0 Å². The molecule has 0 spiro atoms. The summed E-state index contributed by atoms with van der Waals surface area (Å²) >= 11 is 1.52. The van der Waals surface area contributed by atoms with Crippen LogP contribution >= 0.6 is 11.8 Å². The maximum atomic E-state index is 13.0. The molecule has 0 radical (unpaired) electrons. The van der Waals surface area contributed by atoms with Gasteiger partial charge >= 0.3 is 0 Å². The number of aromatic nitrogens is 1. The molecule has 0 saturated carbocycles. The number of nitrogens with one attached hydrogen (secondary N) is 3. The number of carbonyl (C=O) groups excluding carboxylic acids is 3. The van der Waals surface area contributed by atoms with Gasteiger partial charge in [0, 0.05) is 50.7 Å². The molecular formula is C27H35N7O3S. The summed E-state index contributed by atoms with van der Waals surface area (Å²) in [7, 11) is 1.81. The molecule has 2 aromatic rings. The van der Waals surface area contributed by atoms with Gasteiger partial charge in [0.1, 0.15) is 11.7 Å². The number of likely N-dealkylation sites (N-methyl/N-ethyl adjacent to an activating group) is 1. The van der Waals surface area contributed by atoms with Crippen molar-refractivity contribution in [2.45, 2.75) is 37.3 Å². The summed E-state index contributed by atoms with van der Waals surface area (Å²) in [5.74, 6) is -0.478. The number of nitrogens with zero attached hydrogens (tertiary/aromatic N) is 4. The minimum absolute atomic E-state index is 0.0370. The van der Waals surface area contributed by atoms with Gasteiger partial charge in [0.2, 0.25) is 17.7 Å². The number of thioether (sulfide) groups is 1. The zero-order chi connectivity index (χ0) is 27.5. The second-order valence-electron chi connectivity index (χ2n) is 8.90. The Bertz CT molecular complexity index is 1140. The highest BCUT2D eigenvalue weighted by Gasteiger charge is 2.40. The van der Waals surface area contributed by atoms with E-state index in [4.69, 9.17) is 0 Å². The van der Waals surface area contributed by atoms with E-state index >= 15 is 0 Å². The van der Waals surface area contributed by atoms with Crippen molar-refractivity contribution in [2.75, 3.05) is 48.8 Å². The molecule has 38 heavy (non-hydrogen) atoms. The summed E-state index contributed by atoms with van der Waals surface area (Å²) < 4.78 is 0. The molecule has 3 unspecified atom stereocenters. The van der Waals surface area contributed by atoms with Crippen molar-refractivity contribution in [2.24, 2.45) is 5.92 Å². The fourth-order valence-corrected chi connectivity index (χ4v) is 5.82. The van der Waals surface area contributed by atoms with E-state index in [1.165, 1.54) is 11.8 Å². The minimum atomic E-state index is -0.784. The SMILES string of the molecule is CCNC(=O)C(C#N)CC1SC(CCNc2cccc(NC(=O)CN(C)c3ccccn3)c2)C(=O)N1CC. The Morgan fingerprint density at radius 1 is 1.21 bits per heavy atom. The third-order valence-corrected chi connectivity index (χ3v) is 7.66. The lowest BCUT2D eigenvalue weighted by Crippen LogP contribution is -2.38. The van der Waals surface area contributed by atoms with Gasteiger partial charge in [0.25, 0.3) is 0 Å². The normalized spacial score (nSPS) is 17.4. The van der Waals surface area contributed by atoms with Gasteiger partial charge in [-0.1, -0.05) is 12.1 Å². The monoisotopic (exact) mass is 537 g/mol. The molecule has 1 aromatic heterocycles. The molecule has 1 aromatic carbocycles. The second kappa shape index (κ2) is 14.2. The molecule has 1 aliphatic rings. The van der Waals surface area contributed by atoms with Crippen molar-refractivity contribution in [3.8, 4) is 6.07 Å². The standard InChI is InChI=1S/C27H35N7O3S/c1-4-29-26(36)19(17-28)15-25-34(5-2)27(37)22(38-25)12-14-30-20-9-8-10-21(16-20)32-24(35)18-33(3)23-11-6-7-13-31-23/h6-11,13,16,19,22,25,30H,4-5,12,14-15,18H2,1-3H3,(H,29,36)(H,32,35). The van der Waals surface area contributed by atoms with E-state index in [9.17, 15) is 19.6 Å². The average molecular weight is 538 g/mol. The number of rotatable bonds is 13. The number of hydrogen-bond donors (Lipinski definition) is 3. The van der Waals surface area contributed by atoms with E-state index in [1.54, 1.807) is 16.0 Å². The van der Waals surface area contributed by atoms with Crippen LogP contribution in [-0.4, -0.2) is 71.5 Å². The zero-order valence-corrected chi connectivity index (χ0v) is 22.8. The van der Waals surface area contributed by atoms with E-state index in [0.29, 0.717) is 44.0 Å². The summed E-state index contributed by atoms with van der Waals surface area (Å²) in [4.78, 5) is 45.4. The maximum absolute atomic E-state index is 13.0. The van der Waals surface area contributed by atoms with Crippen LogP contribution in [0.1, 0.15) is 26.7 Å². The van der Waals surface area contributed by atoms with Crippen LogP contribution in [0.3, 0.4) is 0 Å². The predicted octanol–water partition coefficient (Wildman–Crippen LogP) is 2.91. The lowest BCUT2D eigenvalue weighted by molar-refractivity contribution is -0.131. The molecule has 3 N–H and O–H groups in total. The Morgan fingerprint density at radius 2 is 2.00 bits per heavy atom. The van der Waals surface area contributed by atoms with Gasteiger partial charge in [-0.15, -0.1) is 11.8 Å². The molecule has 3 amide bonds. The number of benzene rings is 1. The molecule has 10 nitrogen and oxygen atoms in total. The first-order chi connectivity index (χ1) is 18.4. The van der Waals surface area contributed by atoms with Gasteiger partial charge in [0.05, 0.1) is 23.2 Å². The van der Waals surface area contributed by atoms with Crippen LogP contribution < -0.4 is 20.9 Å². The second-order valence-corrected chi connectivity index (χ2v) is 10.3. The molecule has 2 heterocycles. The zero-order valence-electron chi connectivity index (χ0n) is 22.0. The minimum Gasteiger partial charge on any atom is -0.385 e. The van der Waals surface area contributed by atoms with Gasteiger partial charge in [-0.25, -0.2) is 4.98 Å². The van der Waals surface area contributed by atoms with Crippen molar-refractivity contribution in [3.05, 3.63) is 48.7 Å². The first-order valence-corrected chi connectivity index (χ1v) is 13.7. The van der Waals surface area contributed by atoms with Gasteiger partial charge in [0.15, 0.2) is 0 Å². The van der Waals surface area contributed by atoms with E-state index in [-0.39, 0.29) is 34.9 Å². The number of pyridine rings is 1. The Morgan fingerprint density at radius 3 is 2.68 bits per heavy atom. The summed E-state index contributed by atoms with van der Waals surface area (Å²) in [6.07, 6.45) is 2.60. The smallest absolute Gasteiger partial charge is 0.243 e. The molecule has 11 heteroatoms. The third kappa shape index (κ3) is 7.86. The van der Waals surface area contributed by atoms with Crippen molar-refractivity contribution in [1.29, 1.82) is 5.26 Å². The average Bonchev–Trinajstić information content (AvgIpc) is 3.21. The molecule has 1 saturated heterocycles. The Balaban J connectivity index is 1.50. The molecule has 0 aliphatic carbocycles.